The number of nitro benzene ring substituents is 1. The molecule has 20 heteroatoms. The molecular weight excluding hydrogens is 1000 g/mol. The van der Waals surface area contributed by atoms with Gasteiger partial charge in [0.25, 0.3) is 5.69 Å². The summed E-state index contributed by atoms with van der Waals surface area (Å²) in [5.41, 5.74) is 1.10. The highest BCUT2D eigenvalue weighted by Crippen LogP contribution is 2.23. The van der Waals surface area contributed by atoms with Crippen molar-refractivity contribution in [2.75, 3.05) is 19.6 Å². The van der Waals surface area contributed by atoms with Crippen LogP contribution < -0.4 is 31.3 Å². The van der Waals surface area contributed by atoms with E-state index in [0.717, 1.165) is 16.3 Å². The van der Waals surface area contributed by atoms with Gasteiger partial charge in [0.05, 0.1) is 4.92 Å². The third kappa shape index (κ3) is 18.9. The summed E-state index contributed by atoms with van der Waals surface area (Å²) in [6, 6.07) is 29.9. The van der Waals surface area contributed by atoms with Crippen LogP contribution in [0.1, 0.15) is 89.5 Å². The number of benzene rings is 5. The second-order valence-electron chi connectivity index (χ2n) is 20.9. The smallest absolute Gasteiger partial charge is 0.408 e. The fourth-order valence-electron chi connectivity index (χ4n) is 8.54. The summed E-state index contributed by atoms with van der Waals surface area (Å²) >= 11 is 0. The number of alkyl carbamates (subject to hydrolysis) is 2. The fourth-order valence-corrected chi connectivity index (χ4v) is 8.54. The summed E-state index contributed by atoms with van der Waals surface area (Å²) in [6.45, 7) is 10.3. The summed E-state index contributed by atoms with van der Waals surface area (Å²) in [5.74, 6) is -2.90. The highest BCUT2D eigenvalue weighted by Gasteiger charge is 2.39. The van der Waals surface area contributed by atoms with Crippen molar-refractivity contribution in [3.8, 4) is 5.75 Å². The number of nitro groups is 1. The number of esters is 1. The first-order valence-electron chi connectivity index (χ1n) is 25.9. The van der Waals surface area contributed by atoms with Crippen LogP contribution in [0.5, 0.6) is 5.75 Å². The number of carbonyl (C=O) groups excluding carboxylic acids is 7. The Bertz CT molecular complexity index is 2890. The lowest BCUT2D eigenvalue weighted by atomic mass is 9.99. The predicted octanol–water partition coefficient (Wildman–Crippen LogP) is 7.13. The Labute approximate surface area is 453 Å². The van der Waals surface area contributed by atoms with Crippen LogP contribution in [0.25, 0.3) is 10.8 Å². The third-order valence-electron chi connectivity index (χ3n) is 12.2. The normalized spacial score (nSPS) is 14.4. The van der Waals surface area contributed by atoms with Crippen LogP contribution in [0.3, 0.4) is 0 Å². The third-order valence-corrected chi connectivity index (χ3v) is 12.2. The molecule has 4 atom stereocenters. The molecule has 0 bridgehead atoms. The number of fused-ring (bicyclic) bond motifs is 1. The van der Waals surface area contributed by atoms with Crippen LogP contribution in [0.15, 0.2) is 121 Å². The zero-order valence-electron chi connectivity index (χ0n) is 44.8. The molecule has 6 amide bonds. The average Bonchev–Trinajstić information content (AvgIpc) is 3.94. The van der Waals surface area contributed by atoms with Crippen molar-refractivity contribution in [1.29, 1.82) is 0 Å². The number of nitrogens with one attached hydrogen (secondary N) is 5. The minimum absolute atomic E-state index is 0.0248. The van der Waals surface area contributed by atoms with E-state index in [0.29, 0.717) is 28.9 Å². The number of rotatable bonds is 23. The lowest BCUT2D eigenvalue weighted by molar-refractivity contribution is -0.384. The van der Waals surface area contributed by atoms with Crippen molar-refractivity contribution in [2.24, 2.45) is 0 Å². The summed E-state index contributed by atoms with van der Waals surface area (Å²) in [4.78, 5) is 109. The Morgan fingerprint density at radius 2 is 1.24 bits per heavy atom. The summed E-state index contributed by atoms with van der Waals surface area (Å²) < 4.78 is 22.2. The maximum absolute atomic E-state index is 14.9. The maximum Gasteiger partial charge on any atom is 0.408 e. The van der Waals surface area contributed by atoms with Crippen LogP contribution in [-0.2, 0) is 64.2 Å². The van der Waals surface area contributed by atoms with Crippen molar-refractivity contribution in [1.82, 2.24) is 31.5 Å². The van der Waals surface area contributed by atoms with Gasteiger partial charge in [-0.1, -0.05) is 84.9 Å². The number of likely N-dealkylation sites (tertiary alicyclic amines) is 1. The van der Waals surface area contributed by atoms with E-state index in [9.17, 15) is 43.7 Å². The molecule has 0 radical (unpaired) electrons. The molecule has 0 aromatic heterocycles. The molecule has 1 saturated heterocycles. The summed E-state index contributed by atoms with van der Waals surface area (Å²) in [7, 11) is 0. The fraction of sp³-hybridized carbons (Fsp3) is 0.397. The number of nitrogens with zero attached hydrogens (tertiary/aromatic N) is 2. The topological polar surface area (TPSA) is 263 Å². The van der Waals surface area contributed by atoms with Crippen molar-refractivity contribution in [3.63, 3.8) is 0 Å². The Balaban J connectivity index is 1.22. The maximum atomic E-state index is 14.9. The zero-order chi connectivity index (χ0) is 56.4. The SMILES string of the molecule is CC(C)(C)OC(=O)N[C@@H](Cc1ccc(OC(C)(C)C)cc1)C(=O)N[C@H](CCCNC(=O)OCc1ccccc1)C(=O)N[C@@H](Cc1ccc2ccccc2c1)C(=O)N1CCC[C@@H]1C(=O)NCC(=O)OCc1ccc([N+](=O)[O-])cc1. The van der Waals surface area contributed by atoms with Crippen LogP contribution in [-0.4, -0.2) is 107 Å². The highest BCUT2D eigenvalue weighted by atomic mass is 16.6. The Hall–Kier alpha value is -8.55. The van der Waals surface area contributed by atoms with Gasteiger partial charge in [-0.05, 0) is 125 Å². The van der Waals surface area contributed by atoms with Crippen molar-refractivity contribution < 1.29 is 57.4 Å². The lowest BCUT2D eigenvalue weighted by Crippen LogP contribution is -2.59. The Morgan fingerprint density at radius 3 is 1.92 bits per heavy atom. The largest absolute Gasteiger partial charge is 0.488 e. The van der Waals surface area contributed by atoms with Gasteiger partial charge >= 0.3 is 18.2 Å². The molecule has 20 nitrogen and oxygen atoms in total. The lowest BCUT2D eigenvalue weighted by Gasteiger charge is -2.30. The number of hydrogen-bond donors (Lipinski definition) is 5. The first-order chi connectivity index (χ1) is 37.1. The molecule has 0 unspecified atom stereocenters. The van der Waals surface area contributed by atoms with Crippen molar-refractivity contribution in [3.05, 3.63) is 154 Å². The van der Waals surface area contributed by atoms with Gasteiger partial charge in [0.2, 0.25) is 23.6 Å². The van der Waals surface area contributed by atoms with Crippen molar-refractivity contribution >= 4 is 58.2 Å². The van der Waals surface area contributed by atoms with Gasteiger partial charge in [-0.3, -0.25) is 34.1 Å². The van der Waals surface area contributed by atoms with E-state index in [2.05, 4.69) is 26.6 Å². The van der Waals surface area contributed by atoms with Gasteiger partial charge in [0.1, 0.15) is 60.9 Å². The summed E-state index contributed by atoms with van der Waals surface area (Å²) in [6.07, 6.45) is -0.849. The van der Waals surface area contributed by atoms with Gasteiger partial charge in [-0.15, -0.1) is 0 Å². The van der Waals surface area contributed by atoms with Gasteiger partial charge in [0.15, 0.2) is 0 Å². The van der Waals surface area contributed by atoms with Gasteiger partial charge < -0.3 is 50.4 Å². The van der Waals surface area contributed by atoms with E-state index >= 15 is 0 Å². The van der Waals surface area contributed by atoms with Gasteiger partial charge in [-0.25, -0.2) is 9.59 Å². The van der Waals surface area contributed by atoms with Crippen LogP contribution in [0, 0.1) is 10.1 Å². The van der Waals surface area contributed by atoms with E-state index < -0.39 is 88.6 Å². The quantitative estimate of drug-likeness (QED) is 0.0144. The standard InChI is InChI=1S/C58H69N7O13/c1-57(2,3)77-45-28-23-38(24-29-45)33-47(63-56(72)78-58(4,5)6)52(68)61-46(18-12-30-59-55(71)76-37-39-14-8-7-9-15-39)51(67)62-48(34-41-20-25-42-16-10-11-17-43(42)32-41)54(70)64-31-13-19-49(64)53(69)60-35-50(66)75-36-40-21-26-44(27-22-40)65(73)74/h7-11,14-17,20-29,32,46-49H,12-13,18-19,30-31,33-37H2,1-6H3,(H,59,71)(H,60,69)(H,61,68)(H,62,67)(H,63,72)/t46-,47+,48+,49-/m1/s1. The van der Waals surface area contributed by atoms with E-state index in [1.807, 2.05) is 93.6 Å². The summed E-state index contributed by atoms with van der Waals surface area (Å²) in [5, 5.41) is 26.5. The number of hydrogen-bond acceptors (Lipinski definition) is 13. The molecule has 1 aliphatic heterocycles. The van der Waals surface area contributed by atoms with Crippen LogP contribution in [0.2, 0.25) is 0 Å². The molecule has 78 heavy (non-hydrogen) atoms. The Morgan fingerprint density at radius 1 is 0.641 bits per heavy atom. The molecule has 414 valence electrons. The van der Waals surface area contributed by atoms with Crippen LogP contribution in [0.4, 0.5) is 15.3 Å². The van der Waals surface area contributed by atoms with Gasteiger partial charge in [0, 0.05) is 38.1 Å². The van der Waals surface area contributed by atoms with Crippen molar-refractivity contribution in [2.45, 2.75) is 129 Å². The monoisotopic (exact) mass is 1070 g/mol. The predicted molar refractivity (Wildman–Crippen MR) is 290 cm³/mol. The van der Waals surface area contributed by atoms with E-state index in [-0.39, 0.29) is 64.1 Å². The number of carbonyl (C=O) groups is 7. The number of amides is 6. The number of ether oxygens (including phenoxy) is 4. The molecule has 6 rings (SSSR count). The first kappa shape index (κ1) is 58.7. The molecule has 5 aromatic carbocycles. The van der Waals surface area contributed by atoms with E-state index in [1.165, 1.54) is 29.2 Å². The second kappa shape index (κ2) is 27.5. The number of non-ortho nitro benzene ring substituents is 1. The first-order valence-corrected chi connectivity index (χ1v) is 25.9. The van der Waals surface area contributed by atoms with Gasteiger partial charge in [-0.2, -0.15) is 0 Å². The molecular formula is C58H69N7O13. The van der Waals surface area contributed by atoms with E-state index in [1.54, 1.807) is 45.0 Å². The molecule has 1 fully saturated rings. The molecule has 0 spiro atoms. The molecule has 1 aliphatic rings. The average molecular weight is 1070 g/mol. The molecule has 0 aliphatic carbocycles. The molecule has 5 aromatic rings. The second-order valence-corrected chi connectivity index (χ2v) is 20.9. The highest BCUT2D eigenvalue weighted by molar-refractivity contribution is 5.96. The molecule has 1 heterocycles. The minimum Gasteiger partial charge on any atom is -0.488 e. The Kier molecular flexibility index (Phi) is 20.7. The molecule has 0 saturated carbocycles. The van der Waals surface area contributed by atoms with E-state index in [4.69, 9.17) is 18.9 Å². The molecule has 5 N–H and O–H groups in total. The van der Waals surface area contributed by atoms with Crippen LogP contribution >= 0.6 is 0 Å². The minimum atomic E-state index is -1.34. The zero-order valence-corrected chi connectivity index (χ0v) is 44.8.